The molecule has 1 unspecified atom stereocenters. The van der Waals surface area contributed by atoms with Crippen molar-refractivity contribution in [2.24, 2.45) is 0 Å². The molecule has 0 aromatic carbocycles. The summed E-state index contributed by atoms with van der Waals surface area (Å²) in [5.74, 6) is 0.0984. The minimum absolute atomic E-state index is 0.0984. The van der Waals surface area contributed by atoms with Crippen molar-refractivity contribution in [3.05, 3.63) is 0 Å². The van der Waals surface area contributed by atoms with Crippen molar-refractivity contribution in [2.45, 2.75) is 90.0 Å². The summed E-state index contributed by atoms with van der Waals surface area (Å²) in [6, 6.07) is 0. The number of hydrogen-bond acceptors (Lipinski definition) is 4. The molecular weight excluding hydrogens is 360 g/mol. The second kappa shape index (κ2) is 7.41. The van der Waals surface area contributed by atoms with E-state index in [1.54, 1.807) is 0 Å². The Hall–Kier alpha value is 0.521. The van der Waals surface area contributed by atoms with E-state index in [4.69, 9.17) is 8.85 Å². The van der Waals surface area contributed by atoms with E-state index in [-0.39, 0.29) is 11.0 Å². The van der Waals surface area contributed by atoms with Crippen LogP contribution >= 0.6 is 0 Å². The van der Waals surface area contributed by atoms with Crippen molar-refractivity contribution in [3.8, 4) is 0 Å². The summed E-state index contributed by atoms with van der Waals surface area (Å²) in [6.07, 6.45) is 0.877. The molecule has 4 nitrogen and oxygen atoms in total. The van der Waals surface area contributed by atoms with Crippen LogP contribution in [0.2, 0.25) is 52.4 Å². The Labute approximate surface area is 148 Å². The van der Waals surface area contributed by atoms with E-state index in [1.807, 2.05) is 6.92 Å². The van der Waals surface area contributed by atoms with Crippen LogP contribution in [-0.2, 0) is 19.6 Å². The van der Waals surface area contributed by atoms with Crippen molar-refractivity contribution in [2.75, 3.05) is 5.75 Å². The van der Waals surface area contributed by atoms with Crippen molar-refractivity contribution in [1.82, 2.24) is 0 Å². The monoisotopic (exact) mass is 398 g/mol. The second-order valence-corrected chi connectivity index (χ2v) is 24.6. The van der Waals surface area contributed by atoms with Crippen molar-refractivity contribution < 1.29 is 17.3 Å². The van der Waals surface area contributed by atoms with E-state index in [1.165, 1.54) is 0 Å². The Balaban J connectivity index is 5.78. The smallest absolute Gasteiger partial charge is 0.216 e. The van der Waals surface area contributed by atoms with Gasteiger partial charge in [-0.15, -0.1) is 0 Å². The van der Waals surface area contributed by atoms with Crippen molar-refractivity contribution in [3.63, 3.8) is 0 Å². The van der Waals surface area contributed by atoms with Gasteiger partial charge in [0.25, 0.3) is 0 Å². The second-order valence-electron chi connectivity index (χ2n) is 9.38. The summed E-state index contributed by atoms with van der Waals surface area (Å²) in [5, 5.41) is -0.899. The van der Waals surface area contributed by atoms with Gasteiger partial charge in [0, 0.05) is 0 Å². The van der Waals surface area contributed by atoms with Crippen LogP contribution in [0.4, 0.5) is 0 Å². The van der Waals surface area contributed by atoms with E-state index < -0.39 is 40.6 Å². The van der Waals surface area contributed by atoms with Gasteiger partial charge in [-0.3, -0.25) is 0 Å². The molecule has 0 aromatic heterocycles. The van der Waals surface area contributed by atoms with Crippen molar-refractivity contribution >= 4 is 35.4 Å². The first-order valence-corrected chi connectivity index (χ1v) is 19.6. The maximum atomic E-state index is 11.5. The van der Waals surface area contributed by atoms with Gasteiger partial charge in [0.15, 0.2) is 8.32 Å². The van der Waals surface area contributed by atoms with Crippen LogP contribution in [0.3, 0.4) is 0 Å². The SMILES string of the molecule is CC[C@](C)(O[Si](C)(C)C)[Si](C)(C)OC(C)(C[SH](=O)=O)[Si](C)(C)C. The standard InChI is InChI=1S/C15H38O4SSi3/c1-12-14(2,18-22(7,8)9)23(10,11)19-15(3,13-20(16)17)21(4,5)6/h20H,12-13H2,1-11H3/t14-,15?/m1/s1. The summed E-state index contributed by atoms with van der Waals surface area (Å²) in [7, 11) is -8.35. The molecule has 0 aliphatic heterocycles. The van der Waals surface area contributed by atoms with Crippen LogP contribution in [0.25, 0.3) is 0 Å². The molecule has 0 aliphatic carbocycles. The fourth-order valence-electron chi connectivity index (χ4n) is 2.64. The lowest BCUT2D eigenvalue weighted by molar-refractivity contribution is 0.0873. The molecule has 23 heavy (non-hydrogen) atoms. The first-order valence-electron chi connectivity index (χ1n) is 8.41. The van der Waals surface area contributed by atoms with Gasteiger partial charge in [-0.2, -0.15) is 0 Å². The molecule has 0 saturated heterocycles. The molecule has 8 heteroatoms. The predicted molar refractivity (Wildman–Crippen MR) is 109 cm³/mol. The quantitative estimate of drug-likeness (QED) is 0.471. The third kappa shape index (κ3) is 6.39. The fraction of sp³-hybridized carbons (Fsp3) is 1.00. The van der Waals surface area contributed by atoms with Crippen LogP contribution in [0.1, 0.15) is 27.2 Å². The van der Waals surface area contributed by atoms with Gasteiger partial charge < -0.3 is 8.85 Å². The minimum Gasteiger partial charge on any atom is -0.412 e. The number of thiol groups is 1. The van der Waals surface area contributed by atoms with Crippen LogP contribution in [0.5, 0.6) is 0 Å². The Bertz CT molecular complexity index is 472. The molecule has 0 amide bonds. The zero-order chi connectivity index (χ0) is 18.9. The summed E-state index contributed by atoms with van der Waals surface area (Å²) in [4.78, 5) is 0. The first kappa shape index (κ1) is 23.5. The number of hydrogen-bond donors (Lipinski definition) is 1. The normalized spacial score (nSPS) is 19.5. The Morgan fingerprint density at radius 3 is 1.52 bits per heavy atom. The molecule has 0 aliphatic rings. The van der Waals surface area contributed by atoms with E-state index in [2.05, 4.69) is 66.2 Å². The van der Waals surface area contributed by atoms with Crippen LogP contribution in [-0.4, -0.2) is 49.3 Å². The zero-order valence-electron chi connectivity index (χ0n) is 17.0. The maximum Gasteiger partial charge on any atom is 0.216 e. The lowest BCUT2D eigenvalue weighted by atomic mass is 10.3. The Morgan fingerprint density at radius 1 is 0.826 bits per heavy atom. The molecule has 0 fully saturated rings. The molecular formula is C15H38O4SSi3. The van der Waals surface area contributed by atoms with E-state index >= 15 is 0 Å². The third-order valence-corrected chi connectivity index (χ3v) is 15.0. The van der Waals surface area contributed by atoms with Gasteiger partial charge in [0.05, 0.1) is 24.3 Å². The third-order valence-electron chi connectivity index (χ3n) is 4.98. The van der Waals surface area contributed by atoms with Gasteiger partial charge >= 0.3 is 0 Å². The lowest BCUT2D eigenvalue weighted by Crippen LogP contribution is -2.67. The van der Waals surface area contributed by atoms with Gasteiger partial charge in [0.2, 0.25) is 8.32 Å². The summed E-state index contributed by atoms with van der Waals surface area (Å²) >= 11 is 0. The molecule has 0 aromatic rings. The van der Waals surface area contributed by atoms with Crippen LogP contribution < -0.4 is 0 Å². The summed E-state index contributed by atoms with van der Waals surface area (Å²) in [5.41, 5.74) is 0. The average molecular weight is 399 g/mol. The predicted octanol–water partition coefficient (Wildman–Crippen LogP) is 4.02. The van der Waals surface area contributed by atoms with Gasteiger partial charge in [-0.1, -0.05) is 26.6 Å². The highest BCUT2D eigenvalue weighted by Gasteiger charge is 2.53. The lowest BCUT2D eigenvalue weighted by Gasteiger charge is -2.51. The van der Waals surface area contributed by atoms with E-state index in [9.17, 15) is 8.42 Å². The fourth-order valence-corrected chi connectivity index (χ4v) is 13.3. The maximum absolute atomic E-state index is 11.5. The minimum atomic E-state index is -2.47. The van der Waals surface area contributed by atoms with E-state index in [0.29, 0.717) is 0 Å². The summed E-state index contributed by atoms with van der Waals surface area (Å²) < 4.78 is 36.2. The van der Waals surface area contributed by atoms with Crippen LogP contribution in [0.15, 0.2) is 0 Å². The molecule has 0 rings (SSSR count). The average Bonchev–Trinajstić information content (AvgIpc) is 2.22. The first-order chi connectivity index (χ1) is 9.89. The van der Waals surface area contributed by atoms with Gasteiger partial charge in [-0.05, 0) is 53.0 Å². The molecule has 0 bridgehead atoms. The molecule has 0 radical (unpaired) electrons. The topological polar surface area (TPSA) is 52.6 Å². The molecule has 0 N–H and O–H groups in total. The summed E-state index contributed by atoms with van der Waals surface area (Å²) in [6.45, 7) is 23.7. The Kier molecular flexibility index (Phi) is 7.58. The molecule has 140 valence electrons. The molecule has 2 atom stereocenters. The largest absolute Gasteiger partial charge is 0.412 e. The van der Waals surface area contributed by atoms with Gasteiger partial charge in [-0.25, -0.2) is 8.42 Å². The molecule has 0 spiro atoms. The highest BCUT2D eigenvalue weighted by Crippen LogP contribution is 2.38. The Morgan fingerprint density at radius 2 is 1.26 bits per heavy atom. The van der Waals surface area contributed by atoms with E-state index in [0.717, 1.165) is 6.42 Å². The van der Waals surface area contributed by atoms with Crippen LogP contribution in [0, 0.1) is 0 Å². The highest BCUT2D eigenvalue weighted by atomic mass is 32.2. The zero-order valence-corrected chi connectivity index (χ0v) is 20.9. The molecule has 0 saturated carbocycles. The highest BCUT2D eigenvalue weighted by molar-refractivity contribution is 7.72. The number of rotatable bonds is 9. The molecule has 0 heterocycles. The van der Waals surface area contributed by atoms with Crippen molar-refractivity contribution in [1.29, 1.82) is 0 Å². The van der Waals surface area contributed by atoms with Gasteiger partial charge in [0.1, 0.15) is 10.7 Å².